The highest BCUT2D eigenvalue weighted by molar-refractivity contribution is 5.21. The highest BCUT2D eigenvalue weighted by atomic mass is 19.1. The number of aliphatic hydroxyl groups is 1. The first-order valence-corrected chi connectivity index (χ1v) is 15.3. The Morgan fingerprint density at radius 1 is 1.08 bits per heavy atom. The van der Waals surface area contributed by atoms with Gasteiger partial charge in [0, 0.05) is 37.4 Å². The predicted molar refractivity (Wildman–Crippen MR) is 145 cm³/mol. The number of fused-ring (bicyclic) bond motifs is 1. The maximum absolute atomic E-state index is 14.4. The Bertz CT molecular complexity index is 887. The van der Waals surface area contributed by atoms with Crippen molar-refractivity contribution in [3.63, 3.8) is 0 Å². The molecule has 7 atom stereocenters. The molecule has 1 N–H and O–H groups in total. The minimum Gasteiger partial charge on any atom is -0.389 e. The molecule has 5 nitrogen and oxygen atoms in total. The molecule has 0 bridgehead atoms. The van der Waals surface area contributed by atoms with Crippen LogP contribution in [0.2, 0.25) is 0 Å². The Kier molecular flexibility index (Phi) is 9.99. The molecule has 6 heteroatoms. The molecule has 0 radical (unpaired) electrons. The average molecular weight is 531 g/mol. The van der Waals surface area contributed by atoms with E-state index in [9.17, 15) is 9.50 Å². The van der Waals surface area contributed by atoms with Crippen molar-refractivity contribution < 1.29 is 28.4 Å². The fourth-order valence-electron chi connectivity index (χ4n) is 7.36. The van der Waals surface area contributed by atoms with Crippen molar-refractivity contribution in [2.24, 2.45) is 23.2 Å². The van der Waals surface area contributed by atoms with Crippen molar-refractivity contribution in [2.45, 2.75) is 122 Å². The van der Waals surface area contributed by atoms with Gasteiger partial charge in [-0.05, 0) is 88.0 Å². The fraction of sp³-hybridized carbons (Fsp3) is 0.812. The second-order valence-corrected chi connectivity index (χ2v) is 12.1. The summed E-state index contributed by atoms with van der Waals surface area (Å²) < 4.78 is 39.6. The molecule has 3 saturated carbocycles. The number of hydrogen-bond acceptors (Lipinski definition) is 5. The van der Waals surface area contributed by atoms with Gasteiger partial charge in [0.05, 0.1) is 18.8 Å². The van der Waals surface area contributed by atoms with Crippen LogP contribution in [0.4, 0.5) is 4.39 Å². The van der Waals surface area contributed by atoms with Crippen LogP contribution in [0.15, 0.2) is 23.6 Å². The zero-order valence-electron chi connectivity index (χ0n) is 23.2. The van der Waals surface area contributed by atoms with E-state index in [1.54, 1.807) is 0 Å². The largest absolute Gasteiger partial charge is 0.389 e. The SMILES string of the molecule is CCC#CCC1([C@@H](/C=C/[C@@H]2[C@H]3C/C(=C(\F)CO)C[C@H]3C[C@H]2OC2CCCCO2)O[C@@H]2CCCCO2)CCC1. The zero-order valence-corrected chi connectivity index (χ0v) is 23.2. The molecular formula is C32H47FO5. The number of allylic oxidation sites excluding steroid dienone is 1. The standard InChI is InChI=1S/C32H47FO5/c1-2-3-6-14-32(15-9-16-32)29(38-31-11-5-8-18-36-31)13-12-25-26-20-24(27(33)22-34)19-23(26)21-28(25)37-30-10-4-7-17-35-30/h12-13,23,25-26,28-31,34H,2,4-5,7-11,14-22H2,1H3/b13-12+,27-24-/t23-,25+,26-,28+,29+,30?,31+/m0/s1. The molecule has 2 heterocycles. The third kappa shape index (κ3) is 6.56. The number of rotatable bonds is 9. The van der Waals surface area contributed by atoms with Crippen molar-refractivity contribution in [1.29, 1.82) is 0 Å². The Morgan fingerprint density at radius 2 is 1.84 bits per heavy atom. The van der Waals surface area contributed by atoms with Crippen LogP contribution >= 0.6 is 0 Å². The van der Waals surface area contributed by atoms with Gasteiger partial charge in [-0.25, -0.2) is 4.39 Å². The molecule has 2 aliphatic heterocycles. The van der Waals surface area contributed by atoms with Crippen LogP contribution < -0.4 is 0 Å². The lowest BCUT2D eigenvalue weighted by molar-refractivity contribution is -0.209. The summed E-state index contributed by atoms with van der Waals surface area (Å²) in [5.74, 6) is 7.23. The number of hydrogen-bond donors (Lipinski definition) is 1. The van der Waals surface area contributed by atoms with Gasteiger partial charge >= 0.3 is 0 Å². The molecule has 1 unspecified atom stereocenters. The second-order valence-electron chi connectivity index (χ2n) is 12.1. The molecule has 0 spiro atoms. The Hall–Kier alpha value is -1.23. The minimum atomic E-state index is -0.496. The Morgan fingerprint density at radius 3 is 2.47 bits per heavy atom. The highest BCUT2D eigenvalue weighted by Gasteiger charge is 2.49. The smallest absolute Gasteiger partial charge is 0.158 e. The molecule has 0 aromatic rings. The molecule has 5 fully saturated rings. The summed E-state index contributed by atoms with van der Waals surface area (Å²) in [5.41, 5.74) is 0.825. The van der Waals surface area contributed by atoms with Crippen molar-refractivity contribution >= 4 is 0 Å². The molecule has 212 valence electrons. The van der Waals surface area contributed by atoms with E-state index in [1.807, 2.05) is 0 Å². The minimum absolute atomic E-state index is 0.0318. The molecule has 0 aromatic carbocycles. The molecule has 2 saturated heterocycles. The molecule has 0 amide bonds. The first kappa shape index (κ1) is 28.3. The van der Waals surface area contributed by atoms with Gasteiger partial charge < -0.3 is 24.1 Å². The quantitative estimate of drug-likeness (QED) is 0.269. The van der Waals surface area contributed by atoms with E-state index in [0.29, 0.717) is 18.3 Å². The van der Waals surface area contributed by atoms with Gasteiger partial charge in [0.1, 0.15) is 5.83 Å². The molecule has 38 heavy (non-hydrogen) atoms. The van der Waals surface area contributed by atoms with E-state index in [0.717, 1.165) is 95.8 Å². The van der Waals surface area contributed by atoms with E-state index in [2.05, 4.69) is 30.9 Å². The van der Waals surface area contributed by atoms with E-state index >= 15 is 0 Å². The molecule has 0 aromatic heterocycles. The summed E-state index contributed by atoms with van der Waals surface area (Å²) >= 11 is 0. The van der Waals surface area contributed by atoms with Crippen LogP contribution in [0.5, 0.6) is 0 Å². The van der Waals surface area contributed by atoms with Crippen molar-refractivity contribution in [3.05, 3.63) is 23.6 Å². The zero-order chi connectivity index (χ0) is 26.4. The third-order valence-corrected chi connectivity index (χ3v) is 9.68. The summed E-state index contributed by atoms with van der Waals surface area (Å²) in [6.07, 6.45) is 18.2. The Balaban J connectivity index is 1.37. The summed E-state index contributed by atoms with van der Waals surface area (Å²) in [5, 5.41) is 9.41. The van der Waals surface area contributed by atoms with E-state index in [4.69, 9.17) is 18.9 Å². The molecule has 5 aliphatic rings. The van der Waals surface area contributed by atoms with Crippen LogP contribution in [-0.2, 0) is 18.9 Å². The molecular weight excluding hydrogens is 483 g/mol. The summed E-state index contributed by atoms with van der Waals surface area (Å²) in [6, 6.07) is 0. The fourth-order valence-corrected chi connectivity index (χ4v) is 7.36. The predicted octanol–water partition coefficient (Wildman–Crippen LogP) is 6.60. The first-order valence-electron chi connectivity index (χ1n) is 15.3. The van der Waals surface area contributed by atoms with Crippen molar-refractivity contribution in [1.82, 2.24) is 0 Å². The first-order chi connectivity index (χ1) is 18.6. The maximum Gasteiger partial charge on any atom is 0.158 e. The third-order valence-electron chi connectivity index (χ3n) is 9.68. The van der Waals surface area contributed by atoms with Crippen LogP contribution in [0.1, 0.15) is 96.8 Å². The number of ether oxygens (including phenoxy) is 4. The van der Waals surface area contributed by atoms with E-state index in [1.165, 1.54) is 6.42 Å². The van der Waals surface area contributed by atoms with E-state index in [-0.39, 0.29) is 41.9 Å². The van der Waals surface area contributed by atoms with Crippen LogP contribution in [0.3, 0.4) is 0 Å². The summed E-state index contributed by atoms with van der Waals surface area (Å²) in [7, 11) is 0. The van der Waals surface area contributed by atoms with Crippen LogP contribution in [-0.4, -0.2) is 49.7 Å². The van der Waals surface area contributed by atoms with Gasteiger partial charge in [-0.15, -0.1) is 11.8 Å². The van der Waals surface area contributed by atoms with Gasteiger partial charge in [-0.2, -0.15) is 0 Å². The van der Waals surface area contributed by atoms with Gasteiger partial charge in [0.15, 0.2) is 12.6 Å². The molecule has 3 aliphatic carbocycles. The number of halogens is 1. The lowest BCUT2D eigenvalue weighted by Crippen LogP contribution is -2.44. The normalized spacial score (nSPS) is 36.8. The van der Waals surface area contributed by atoms with Crippen LogP contribution in [0.25, 0.3) is 0 Å². The topological polar surface area (TPSA) is 57.2 Å². The van der Waals surface area contributed by atoms with Gasteiger partial charge in [-0.3, -0.25) is 0 Å². The maximum atomic E-state index is 14.4. The van der Waals surface area contributed by atoms with Crippen molar-refractivity contribution in [2.75, 3.05) is 19.8 Å². The monoisotopic (exact) mass is 530 g/mol. The summed E-state index contributed by atoms with van der Waals surface area (Å²) in [6.45, 7) is 3.13. The summed E-state index contributed by atoms with van der Waals surface area (Å²) in [4.78, 5) is 0. The molecule has 5 rings (SSSR count). The van der Waals surface area contributed by atoms with E-state index < -0.39 is 6.61 Å². The number of aliphatic hydroxyl groups excluding tert-OH is 1. The Labute approximate surface area is 228 Å². The van der Waals surface area contributed by atoms with Gasteiger partial charge in [0.25, 0.3) is 0 Å². The van der Waals surface area contributed by atoms with Crippen LogP contribution in [0, 0.1) is 35.0 Å². The van der Waals surface area contributed by atoms with Crippen molar-refractivity contribution in [3.8, 4) is 11.8 Å². The lowest BCUT2D eigenvalue weighted by Gasteiger charge is -2.47. The second kappa shape index (κ2) is 13.4. The highest BCUT2D eigenvalue weighted by Crippen LogP contribution is 2.53. The lowest BCUT2D eigenvalue weighted by atomic mass is 9.63. The average Bonchev–Trinajstić information content (AvgIpc) is 3.47. The van der Waals surface area contributed by atoms with Gasteiger partial charge in [-0.1, -0.05) is 25.5 Å². The van der Waals surface area contributed by atoms with Gasteiger partial charge in [0.2, 0.25) is 0 Å².